The predicted molar refractivity (Wildman–Crippen MR) is 78.3 cm³/mol. The highest BCUT2D eigenvalue weighted by molar-refractivity contribution is 7.89. The molecule has 1 aliphatic rings. The molecule has 21 heavy (non-hydrogen) atoms. The van der Waals surface area contributed by atoms with Crippen molar-refractivity contribution in [1.29, 1.82) is 0 Å². The molecule has 0 N–H and O–H groups in total. The van der Waals surface area contributed by atoms with Crippen LogP contribution in [0.25, 0.3) is 0 Å². The summed E-state index contributed by atoms with van der Waals surface area (Å²) in [5.74, 6) is 0.910. The summed E-state index contributed by atoms with van der Waals surface area (Å²) in [5.41, 5.74) is 0. The summed E-state index contributed by atoms with van der Waals surface area (Å²) in [6, 6.07) is 4.54. The predicted octanol–water partition coefficient (Wildman–Crippen LogP) is 1.50. The molecule has 0 amide bonds. The van der Waals surface area contributed by atoms with Gasteiger partial charge in [0.05, 0.1) is 25.7 Å². The maximum absolute atomic E-state index is 12.8. The monoisotopic (exact) mass is 315 g/mol. The van der Waals surface area contributed by atoms with E-state index in [1.54, 1.807) is 19.2 Å². The standard InChI is InChI=1S/C14H21NO5S/c1-18-10-11-5-4-8-15(11)21(16,17)12-6-7-13(19-2)14(9-12)20-3/h6-7,9,11H,4-5,8,10H2,1-3H3. The number of hydrogen-bond donors (Lipinski definition) is 0. The molecule has 0 aromatic heterocycles. The number of ether oxygens (including phenoxy) is 3. The van der Waals surface area contributed by atoms with Crippen LogP contribution in [-0.2, 0) is 14.8 Å². The van der Waals surface area contributed by atoms with Gasteiger partial charge in [0.1, 0.15) is 0 Å². The molecule has 1 heterocycles. The molecule has 1 atom stereocenters. The Hall–Kier alpha value is -1.31. The summed E-state index contributed by atoms with van der Waals surface area (Å²) in [7, 11) is 1.03. The van der Waals surface area contributed by atoms with Crippen molar-refractivity contribution in [2.24, 2.45) is 0 Å². The minimum Gasteiger partial charge on any atom is -0.493 e. The Balaban J connectivity index is 2.35. The summed E-state index contributed by atoms with van der Waals surface area (Å²) in [6.45, 7) is 0.928. The molecule has 0 aliphatic carbocycles. The molecule has 2 rings (SSSR count). The average Bonchev–Trinajstić information content (AvgIpc) is 2.96. The van der Waals surface area contributed by atoms with E-state index in [0.29, 0.717) is 24.7 Å². The highest BCUT2D eigenvalue weighted by atomic mass is 32.2. The van der Waals surface area contributed by atoms with Gasteiger partial charge in [0.2, 0.25) is 10.0 Å². The third-order valence-electron chi connectivity index (χ3n) is 3.64. The SMILES string of the molecule is COCC1CCCN1S(=O)(=O)c1ccc(OC)c(OC)c1. The summed E-state index contributed by atoms with van der Waals surface area (Å²) >= 11 is 0. The molecule has 6 nitrogen and oxygen atoms in total. The van der Waals surface area contributed by atoms with E-state index in [0.717, 1.165) is 12.8 Å². The van der Waals surface area contributed by atoms with E-state index in [4.69, 9.17) is 14.2 Å². The maximum Gasteiger partial charge on any atom is 0.243 e. The second kappa shape index (κ2) is 6.64. The molecule has 1 fully saturated rings. The van der Waals surface area contributed by atoms with Crippen molar-refractivity contribution in [1.82, 2.24) is 4.31 Å². The van der Waals surface area contributed by atoms with Gasteiger partial charge in [-0.2, -0.15) is 4.31 Å². The highest BCUT2D eigenvalue weighted by Gasteiger charge is 2.35. The van der Waals surface area contributed by atoms with Gasteiger partial charge < -0.3 is 14.2 Å². The maximum atomic E-state index is 12.8. The van der Waals surface area contributed by atoms with Crippen molar-refractivity contribution in [2.75, 3.05) is 34.5 Å². The smallest absolute Gasteiger partial charge is 0.243 e. The lowest BCUT2D eigenvalue weighted by atomic mass is 10.2. The van der Waals surface area contributed by atoms with Crippen LogP contribution in [0, 0.1) is 0 Å². The van der Waals surface area contributed by atoms with Crippen molar-refractivity contribution in [3.63, 3.8) is 0 Å². The fraction of sp³-hybridized carbons (Fsp3) is 0.571. The molecule has 1 aromatic rings. The van der Waals surface area contributed by atoms with E-state index in [9.17, 15) is 8.42 Å². The molecule has 118 valence electrons. The summed E-state index contributed by atoms with van der Waals surface area (Å²) in [5, 5.41) is 0. The Bertz CT molecular complexity index is 587. The topological polar surface area (TPSA) is 65.1 Å². The van der Waals surface area contributed by atoms with Crippen LogP contribution in [0.5, 0.6) is 11.5 Å². The third-order valence-corrected chi connectivity index (χ3v) is 5.59. The van der Waals surface area contributed by atoms with Gasteiger partial charge in [0, 0.05) is 25.8 Å². The van der Waals surface area contributed by atoms with Gasteiger partial charge in [0.25, 0.3) is 0 Å². The normalized spacial score (nSPS) is 19.7. The lowest BCUT2D eigenvalue weighted by Crippen LogP contribution is -2.38. The Morgan fingerprint density at radius 3 is 2.52 bits per heavy atom. The number of nitrogens with zero attached hydrogens (tertiary/aromatic N) is 1. The van der Waals surface area contributed by atoms with Crippen LogP contribution in [0.1, 0.15) is 12.8 Å². The van der Waals surface area contributed by atoms with Crippen molar-refractivity contribution in [3.05, 3.63) is 18.2 Å². The van der Waals surface area contributed by atoms with Crippen LogP contribution in [0.3, 0.4) is 0 Å². The van der Waals surface area contributed by atoms with E-state index in [2.05, 4.69) is 0 Å². The number of rotatable bonds is 6. The minimum atomic E-state index is -3.55. The molecule has 0 bridgehead atoms. The van der Waals surface area contributed by atoms with Crippen LogP contribution >= 0.6 is 0 Å². The largest absolute Gasteiger partial charge is 0.493 e. The number of sulfonamides is 1. The van der Waals surface area contributed by atoms with Crippen molar-refractivity contribution >= 4 is 10.0 Å². The molecular weight excluding hydrogens is 294 g/mol. The lowest BCUT2D eigenvalue weighted by Gasteiger charge is -2.23. The highest BCUT2D eigenvalue weighted by Crippen LogP contribution is 2.32. The van der Waals surface area contributed by atoms with Gasteiger partial charge in [0.15, 0.2) is 11.5 Å². The van der Waals surface area contributed by atoms with Crippen LogP contribution in [-0.4, -0.2) is 53.2 Å². The lowest BCUT2D eigenvalue weighted by molar-refractivity contribution is 0.149. The van der Waals surface area contributed by atoms with Crippen LogP contribution < -0.4 is 9.47 Å². The zero-order valence-electron chi connectivity index (χ0n) is 12.5. The molecule has 0 radical (unpaired) electrons. The Morgan fingerprint density at radius 2 is 1.90 bits per heavy atom. The van der Waals surface area contributed by atoms with E-state index < -0.39 is 10.0 Å². The third kappa shape index (κ3) is 3.14. The Labute approximate surface area is 125 Å². The summed E-state index contributed by atoms with van der Waals surface area (Å²) < 4.78 is 42.5. The van der Waals surface area contributed by atoms with Gasteiger partial charge in [-0.3, -0.25) is 0 Å². The summed E-state index contributed by atoms with van der Waals surface area (Å²) in [4.78, 5) is 0.211. The van der Waals surface area contributed by atoms with Crippen molar-refractivity contribution in [3.8, 4) is 11.5 Å². The van der Waals surface area contributed by atoms with Gasteiger partial charge in [-0.1, -0.05) is 0 Å². The molecule has 1 unspecified atom stereocenters. The average molecular weight is 315 g/mol. The molecule has 1 aliphatic heterocycles. The Kier molecular flexibility index (Phi) is 5.08. The molecule has 7 heteroatoms. The van der Waals surface area contributed by atoms with Gasteiger partial charge >= 0.3 is 0 Å². The van der Waals surface area contributed by atoms with Gasteiger partial charge in [-0.25, -0.2) is 8.42 Å². The van der Waals surface area contributed by atoms with Crippen molar-refractivity contribution < 1.29 is 22.6 Å². The first kappa shape index (κ1) is 16.1. The van der Waals surface area contributed by atoms with Gasteiger partial charge in [-0.15, -0.1) is 0 Å². The fourth-order valence-electron chi connectivity index (χ4n) is 2.60. The number of hydrogen-bond acceptors (Lipinski definition) is 5. The first-order chi connectivity index (χ1) is 10.0. The molecule has 1 aromatic carbocycles. The zero-order chi connectivity index (χ0) is 15.5. The van der Waals surface area contributed by atoms with Gasteiger partial charge in [-0.05, 0) is 25.0 Å². The molecule has 0 saturated carbocycles. The van der Waals surface area contributed by atoms with Crippen LogP contribution in [0.15, 0.2) is 23.1 Å². The van der Waals surface area contributed by atoms with E-state index in [1.165, 1.54) is 24.6 Å². The molecule has 1 saturated heterocycles. The van der Waals surface area contributed by atoms with Crippen LogP contribution in [0.4, 0.5) is 0 Å². The first-order valence-corrected chi connectivity index (χ1v) is 8.21. The van der Waals surface area contributed by atoms with E-state index in [1.807, 2.05) is 0 Å². The molecule has 0 spiro atoms. The minimum absolute atomic E-state index is 0.104. The van der Waals surface area contributed by atoms with Crippen molar-refractivity contribution in [2.45, 2.75) is 23.8 Å². The molecular formula is C14H21NO5S. The second-order valence-electron chi connectivity index (χ2n) is 4.88. The fourth-order valence-corrected chi connectivity index (χ4v) is 4.29. The van der Waals surface area contributed by atoms with E-state index >= 15 is 0 Å². The number of benzene rings is 1. The second-order valence-corrected chi connectivity index (χ2v) is 6.77. The number of methoxy groups -OCH3 is 3. The van der Waals surface area contributed by atoms with Crippen LogP contribution in [0.2, 0.25) is 0 Å². The van der Waals surface area contributed by atoms with E-state index in [-0.39, 0.29) is 10.9 Å². The first-order valence-electron chi connectivity index (χ1n) is 6.77. The Morgan fingerprint density at radius 1 is 1.19 bits per heavy atom. The zero-order valence-corrected chi connectivity index (χ0v) is 13.4. The quantitative estimate of drug-likeness (QED) is 0.796. The summed E-state index contributed by atoms with van der Waals surface area (Å²) in [6.07, 6.45) is 1.67.